The van der Waals surface area contributed by atoms with Crippen LogP contribution in [0.25, 0.3) is 16.8 Å². The highest BCUT2D eigenvalue weighted by Gasteiger charge is 2.07. The summed E-state index contributed by atoms with van der Waals surface area (Å²) in [6.07, 6.45) is 3.03. The predicted octanol–water partition coefficient (Wildman–Crippen LogP) is 4.34. The van der Waals surface area contributed by atoms with Crippen molar-refractivity contribution < 1.29 is 14.3 Å². The number of esters is 1. The van der Waals surface area contributed by atoms with Gasteiger partial charge >= 0.3 is 5.97 Å². The summed E-state index contributed by atoms with van der Waals surface area (Å²) in [6, 6.07) is 21.2. The van der Waals surface area contributed by atoms with Crippen LogP contribution in [-0.4, -0.2) is 18.5 Å². The normalized spacial score (nSPS) is 10.8. The first-order chi connectivity index (χ1) is 12.6. The fourth-order valence-corrected chi connectivity index (χ4v) is 2.64. The smallest absolute Gasteiger partial charge is 0.331 e. The molecular formula is C22H19NO3. The van der Waals surface area contributed by atoms with Gasteiger partial charge in [0.1, 0.15) is 0 Å². The number of amides is 1. The van der Waals surface area contributed by atoms with Gasteiger partial charge in [-0.1, -0.05) is 60.7 Å². The number of para-hydroxylation sites is 1. The number of fused-ring (bicyclic) bond motifs is 1. The van der Waals surface area contributed by atoms with E-state index in [1.807, 2.05) is 67.6 Å². The first-order valence-electron chi connectivity index (χ1n) is 8.31. The molecule has 0 spiro atoms. The standard InChI is InChI=1S/C22H19NO3/c1-16-7-2-5-12-20(16)23-21(24)15-26-22(25)14-13-18-10-6-9-17-8-3-4-11-19(17)18/h2-14H,15H2,1H3,(H,23,24)/b14-13+. The minimum absolute atomic E-state index is 0.326. The molecule has 0 saturated carbocycles. The first-order valence-corrected chi connectivity index (χ1v) is 8.31. The monoisotopic (exact) mass is 345 g/mol. The van der Waals surface area contributed by atoms with Gasteiger partial charge in [0.2, 0.25) is 0 Å². The molecule has 0 unspecified atom stereocenters. The molecule has 1 amide bonds. The van der Waals surface area contributed by atoms with E-state index in [4.69, 9.17) is 4.74 Å². The van der Waals surface area contributed by atoms with Crippen LogP contribution in [0.4, 0.5) is 5.69 Å². The van der Waals surface area contributed by atoms with E-state index in [1.54, 1.807) is 12.1 Å². The van der Waals surface area contributed by atoms with Gasteiger partial charge in [0, 0.05) is 11.8 Å². The van der Waals surface area contributed by atoms with Crippen LogP contribution >= 0.6 is 0 Å². The number of benzene rings is 3. The van der Waals surface area contributed by atoms with Crippen molar-refractivity contribution in [2.45, 2.75) is 6.92 Å². The van der Waals surface area contributed by atoms with E-state index in [0.717, 1.165) is 21.9 Å². The van der Waals surface area contributed by atoms with Gasteiger partial charge in [0.15, 0.2) is 6.61 Å². The molecule has 0 radical (unpaired) electrons. The van der Waals surface area contributed by atoms with E-state index in [9.17, 15) is 9.59 Å². The van der Waals surface area contributed by atoms with Gasteiger partial charge in [-0.3, -0.25) is 4.79 Å². The summed E-state index contributed by atoms with van der Waals surface area (Å²) in [5, 5.41) is 4.87. The van der Waals surface area contributed by atoms with Crippen LogP contribution in [0.1, 0.15) is 11.1 Å². The molecule has 3 aromatic rings. The molecule has 0 aliphatic rings. The van der Waals surface area contributed by atoms with Crippen molar-refractivity contribution in [2.24, 2.45) is 0 Å². The average Bonchev–Trinajstić information content (AvgIpc) is 2.66. The van der Waals surface area contributed by atoms with Crippen molar-refractivity contribution in [2.75, 3.05) is 11.9 Å². The number of carbonyl (C=O) groups excluding carboxylic acids is 2. The second kappa shape index (κ2) is 8.12. The molecule has 0 aliphatic carbocycles. The van der Waals surface area contributed by atoms with Crippen LogP contribution in [-0.2, 0) is 14.3 Å². The van der Waals surface area contributed by atoms with E-state index in [2.05, 4.69) is 5.32 Å². The molecule has 3 aromatic carbocycles. The lowest BCUT2D eigenvalue weighted by molar-refractivity contribution is -0.142. The fourth-order valence-electron chi connectivity index (χ4n) is 2.64. The first kappa shape index (κ1) is 17.4. The summed E-state index contributed by atoms with van der Waals surface area (Å²) in [6.45, 7) is 1.57. The van der Waals surface area contributed by atoms with Gasteiger partial charge in [0.25, 0.3) is 5.91 Å². The number of hydrogen-bond acceptors (Lipinski definition) is 3. The molecule has 130 valence electrons. The van der Waals surface area contributed by atoms with Gasteiger partial charge in [-0.2, -0.15) is 0 Å². The molecule has 4 nitrogen and oxygen atoms in total. The van der Waals surface area contributed by atoms with Crippen LogP contribution < -0.4 is 5.32 Å². The number of aryl methyl sites for hydroxylation is 1. The van der Waals surface area contributed by atoms with Crippen molar-refractivity contribution in [3.05, 3.63) is 83.9 Å². The van der Waals surface area contributed by atoms with Gasteiger partial charge in [-0.25, -0.2) is 4.79 Å². The molecule has 0 atom stereocenters. The Balaban J connectivity index is 1.58. The number of nitrogens with one attached hydrogen (secondary N) is 1. The molecular weight excluding hydrogens is 326 g/mol. The van der Waals surface area contributed by atoms with Crippen LogP contribution in [0.15, 0.2) is 72.8 Å². The van der Waals surface area contributed by atoms with E-state index in [1.165, 1.54) is 6.08 Å². The number of ether oxygens (including phenoxy) is 1. The summed E-state index contributed by atoms with van der Waals surface area (Å²) in [4.78, 5) is 23.8. The highest BCUT2D eigenvalue weighted by molar-refractivity contribution is 5.97. The van der Waals surface area contributed by atoms with E-state index in [0.29, 0.717) is 5.69 Å². The van der Waals surface area contributed by atoms with Gasteiger partial charge in [0.05, 0.1) is 0 Å². The minimum Gasteiger partial charge on any atom is -0.452 e. The molecule has 0 aromatic heterocycles. The fraction of sp³-hybridized carbons (Fsp3) is 0.0909. The van der Waals surface area contributed by atoms with Crippen molar-refractivity contribution in [1.29, 1.82) is 0 Å². The van der Waals surface area contributed by atoms with Gasteiger partial charge in [-0.15, -0.1) is 0 Å². The maximum atomic E-state index is 11.9. The molecule has 0 fully saturated rings. The third-order valence-electron chi connectivity index (χ3n) is 3.99. The molecule has 0 heterocycles. The summed E-state index contributed by atoms with van der Waals surface area (Å²) < 4.78 is 5.01. The summed E-state index contributed by atoms with van der Waals surface area (Å²) in [5.74, 6) is -0.927. The lowest BCUT2D eigenvalue weighted by Gasteiger charge is -2.07. The Bertz CT molecular complexity index is 971. The molecule has 26 heavy (non-hydrogen) atoms. The SMILES string of the molecule is Cc1ccccc1NC(=O)COC(=O)/C=C/c1cccc2ccccc12. The Hall–Kier alpha value is -3.40. The highest BCUT2D eigenvalue weighted by Crippen LogP contribution is 2.19. The third kappa shape index (κ3) is 4.36. The molecule has 0 saturated heterocycles. The van der Waals surface area contributed by atoms with Gasteiger partial charge < -0.3 is 10.1 Å². The molecule has 4 heteroatoms. The zero-order valence-electron chi connectivity index (χ0n) is 14.4. The average molecular weight is 345 g/mol. The largest absolute Gasteiger partial charge is 0.452 e. The molecule has 0 bridgehead atoms. The maximum Gasteiger partial charge on any atom is 0.331 e. The molecule has 0 aliphatic heterocycles. The number of hydrogen-bond donors (Lipinski definition) is 1. The number of carbonyl (C=O) groups is 2. The van der Waals surface area contributed by atoms with Crippen molar-refractivity contribution in [1.82, 2.24) is 0 Å². The van der Waals surface area contributed by atoms with Crippen molar-refractivity contribution >= 4 is 34.4 Å². The highest BCUT2D eigenvalue weighted by atomic mass is 16.5. The Morgan fingerprint density at radius 3 is 2.54 bits per heavy atom. The number of rotatable bonds is 5. The van der Waals surface area contributed by atoms with Crippen LogP contribution in [0, 0.1) is 6.92 Å². The summed E-state index contributed by atoms with van der Waals surface area (Å²) in [7, 11) is 0. The third-order valence-corrected chi connectivity index (χ3v) is 3.99. The van der Waals surface area contributed by atoms with Crippen LogP contribution in [0.3, 0.4) is 0 Å². The quantitative estimate of drug-likeness (QED) is 0.553. The zero-order valence-corrected chi connectivity index (χ0v) is 14.4. The lowest BCUT2D eigenvalue weighted by atomic mass is 10.0. The second-order valence-corrected chi connectivity index (χ2v) is 5.87. The minimum atomic E-state index is -0.558. The molecule has 1 N–H and O–H groups in total. The van der Waals surface area contributed by atoms with Crippen molar-refractivity contribution in [3.63, 3.8) is 0 Å². The Kier molecular flexibility index (Phi) is 5.44. The molecule has 3 rings (SSSR count). The Labute approximate surface area is 152 Å². The second-order valence-electron chi connectivity index (χ2n) is 5.87. The topological polar surface area (TPSA) is 55.4 Å². The van der Waals surface area contributed by atoms with E-state index in [-0.39, 0.29) is 12.5 Å². The number of anilines is 1. The Morgan fingerprint density at radius 1 is 0.962 bits per heavy atom. The summed E-state index contributed by atoms with van der Waals surface area (Å²) in [5.41, 5.74) is 2.58. The Morgan fingerprint density at radius 2 is 1.69 bits per heavy atom. The van der Waals surface area contributed by atoms with Gasteiger partial charge in [-0.05, 0) is 41.0 Å². The zero-order chi connectivity index (χ0) is 18.4. The van der Waals surface area contributed by atoms with Crippen LogP contribution in [0.2, 0.25) is 0 Å². The predicted molar refractivity (Wildman–Crippen MR) is 104 cm³/mol. The lowest BCUT2D eigenvalue weighted by Crippen LogP contribution is -2.20. The van der Waals surface area contributed by atoms with Crippen LogP contribution in [0.5, 0.6) is 0 Å². The van der Waals surface area contributed by atoms with E-state index < -0.39 is 5.97 Å². The summed E-state index contributed by atoms with van der Waals surface area (Å²) >= 11 is 0. The maximum absolute atomic E-state index is 11.9. The van der Waals surface area contributed by atoms with E-state index >= 15 is 0 Å². The van der Waals surface area contributed by atoms with Crippen molar-refractivity contribution in [3.8, 4) is 0 Å².